The molecule has 0 bridgehead atoms. The van der Waals surface area contributed by atoms with Crippen LogP contribution < -0.4 is 16.0 Å². The molecule has 0 rings (SSSR count). The Hall–Kier alpha value is -1.47. The summed E-state index contributed by atoms with van der Waals surface area (Å²) in [6, 6.07) is -0.394. The van der Waals surface area contributed by atoms with Crippen molar-refractivity contribution in [1.82, 2.24) is 16.0 Å². The quantitative estimate of drug-likeness (QED) is 0.324. The summed E-state index contributed by atoms with van der Waals surface area (Å²) in [6.45, 7) is 22.8. The number of carbonyl (C=O) groups is 3. The van der Waals surface area contributed by atoms with E-state index in [0.29, 0.717) is 32.4 Å². The largest absolute Gasteiger partial charge is 0.376 e. The van der Waals surface area contributed by atoms with Crippen LogP contribution >= 0.6 is 0 Å². The van der Waals surface area contributed by atoms with Gasteiger partial charge in [-0.15, -0.1) is 0 Å². The molecule has 0 heterocycles. The van der Waals surface area contributed by atoms with Gasteiger partial charge < -0.3 is 20.7 Å². The maximum absolute atomic E-state index is 13.2. The van der Waals surface area contributed by atoms with E-state index < -0.39 is 11.5 Å². The average Bonchev–Trinajstić information content (AvgIpc) is 2.63. The fraction of sp³-hybridized carbons (Fsp3) is 0.889. The van der Waals surface area contributed by atoms with Gasteiger partial charge in [-0.3, -0.25) is 14.4 Å². The maximum atomic E-state index is 13.2. The smallest absolute Gasteiger partial charge is 0.237 e. The molecule has 0 saturated carbocycles. The van der Waals surface area contributed by atoms with E-state index in [4.69, 9.17) is 4.74 Å². The Kier molecular flexibility index (Phi) is 12.4. The van der Waals surface area contributed by atoms with Gasteiger partial charge in [0.1, 0.15) is 5.78 Å². The highest BCUT2D eigenvalue weighted by molar-refractivity contribution is 5.84. The van der Waals surface area contributed by atoms with E-state index in [9.17, 15) is 14.4 Å². The molecule has 1 atom stereocenters. The molecule has 1 unspecified atom stereocenters. The van der Waals surface area contributed by atoms with Crippen molar-refractivity contribution in [3.05, 3.63) is 0 Å². The molecular formula is C27H53N3O4. The molecule has 7 heteroatoms. The van der Waals surface area contributed by atoms with Crippen LogP contribution in [0, 0.1) is 16.7 Å². The molecule has 2 amide bonds. The van der Waals surface area contributed by atoms with Gasteiger partial charge in [0.25, 0.3) is 0 Å². The van der Waals surface area contributed by atoms with Crippen LogP contribution in [0.3, 0.4) is 0 Å². The number of likely N-dealkylation sites (N-methyl/N-ethyl adjacent to an activating group) is 1. The minimum absolute atomic E-state index is 0.000935. The molecule has 0 fully saturated rings. The SMILES string of the molecule is CNC(CC(C)(C)CC(C)(C)C(=O)NC(C)(C)CCOC(C)(C)C)C(=O)NCCC(=O)C(C)C. The predicted octanol–water partition coefficient (Wildman–Crippen LogP) is 4.24. The Morgan fingerprint density at radius 1 is 0.912 bits per heavy atom. The molecule has 0 aromatic rings. The summed E-state index contributed by atoms with van der Waals surface area (Å²) < 4.78 is 5.83. The number of rotatable bonds is 15. The van der Waals surface area contributed by atoms with Crippen molar-refractivity contribution in [2.24, 2.45) is 16.7 Å². The number of ether oxygens (including phenoxy) is 1. The summed E-state index contributed by atoms with van der Waals surface area (Å²) >= 11 is 0. The molecule has 0 saturated heterocycles. The van der Waals surface area contributed by atoms with Crippen molar-refractivity contribution in [3.8, 4) is 0 Å². The summed E-state index contributed by atoms with van der Waals surface area (Å²) in [6.07, 6.45) is 2.26. The zero-order chi connectivity index (χ0) is 27.0. The van der Waals surface area contributed by atoms with E-state index in [0.717, 1.165) is 6.42 Å². The molecule has 0 aromatic carbocycles. The van der Waals surface area contributed by atoms with Gasteiger partial charge in [-0.05, 0) is 66.3 Å². The number of amides is 2. The lowest BCUT2D eigenvalue weighted by Gasteiger charge is -2.38. The zero-order valence-corrected chi connectivity index (χ0v) is 24.0. The second-order valence-electron chi connectivity index (χ2n) is 13.0. The summed E-state index contributed by atoms with van der Waals surface area (Å²) in [5.74, 6) is -0.00374. The van der Waals surface area contributed by atoms with E-state index in [1.54, 1.807) is 7.05 Å². The van der Waals surface area contributed by atoms with Gasteiger partial charge in [0.15, 0.2) is 0 Å². The third-order valence-electron chi connectivity index (χ3n) is 5.99. The van der Waals surface area contributed by atoms with Gasteiger partial charge >= 0.3 is 0 Å². The molecular weight excluding hydrogens is 430 g/mol. The first-order valence-electron chi connectivity index (χ1n) is 12.7. The third-order valence-corrected chi connectivity index (χ3v) is 5.99. The third kappa shape index (κ3) is 13.4. The number of Topliss-reactive ketones (excluding diaryl/α,β-unsaturated/α-hetero) is 1. The van der Waals surface area contributed by atoms with Crippen molar-refractivity contribution in [2.75, 3.05) is 20.2 Å². The Morgan fingerprint density at radius 2 is 1.47 bits per heavy atom. The zero-order valence-electron chi connectivity index (χ0n) is 24.0. The summed E-state index contributed by atoms with van der Waals surface area (Å²) in [7, 11) is 1.76. The standard InChI is InChI=1S/C27H53N3O4/c1-19(2)21(31)13-15-29-22(32)20(28-12)17-25(6,7)18-26(8,9)23(33)30-27(10,11)14-16-34-24(3,4)5/h19-20,28H,13-18H2,1-12H3,(H,29,32)(H,30,33). The molecule has 0 aromatic heterocycles. The first-order valence-corrected chi connectivity index (χ1v) is 12.7. The molecule has 0 spiro atoms. The van der Waals surface area contributed by atoms with E-state index in [-0.39, 0.29) is 40.1 Å². The summed E-state index contributed by atoms with van der Waals surface area (Å²) in [5, 5.41) is 9.17. The highest BCUT2D eigenvalue weighted by atomic mass is 16.5. The normalized spacial score (nSPS) is 14.1. The van der Waals surface area contributed by atoms with Gasteiger partial charge in [0.2, 0.25) is 11.8 Å². The Morgan fingerprint density at radius 3 is 1.94 bits per heavy atom. The second-order valence-corrected chi connectivity index (χ2v) is 13.0. The number of carbonyl (C=O) groups excluding carboxylic acids is 3. The average molecular weight is 484 g/mol. The highest BCUT2D eigenvalue weighted by Crippen LogP contribution is 2.37. The Balaban J connectivity index is 4.95. The van der Waals surface area contributed by atoms with Crippen LogP contribution in [-0.2, 0) is 19.1 Å². The van der Waals surface area contributed by atoms with Gasteiger partial charge in [-0.2, -0.15) is 0 Å². The molecule has 0 radical (unpaired) electrons. The summed E-state index contributed by atoms with van der Waals surface area (Å²) in [5.41, 5.74) is -1.46. The predicted molar refractivity (Wildman–Crippen MR) is 140 cm³/mol. The molecule has 34 heavy (non-hydrogen) atoms. The van der Waals surface area contributed by atoms with E-state index >= 15 is 0 Å². The molecule has 3 N–H and O–H groups in total. The van der Waals surface area contributed by atoms with E-state index in [2.05, 4.69) is 29.8 Å². The van der Waals surface area contributed by atoms with Crippen molar-refractivity contribution < 1.29 is 19.1 Å². The minimum atomic E-state index is -0.607. The van der Waals surface area contributed by atoms with Crippen LogP contribution in [0.4, 0.5) is 0 Å². The monoisotopic (exact) mass is 483 g/mol. The number of ketones is 1. The van der Waals surface area contributed by atoms with Crippen LogP contribution in [0.2, 0.25) is 0 Å². The van der Waals surface area contributed by atoms with Crippen LogP contribution in [-0.4, -0.2) is 55.0 Å². The molecule has 7 nitrogen and oxygen atoms in total. The topological polar surface area (TPSA) is 96.5 Å². The van der Waals surface area contributed by atoms with Crippen LogP contribution in [0.25, 0.3) is 0 Å². The number of hydrogen-bond donors (Lipinski definition) is 3. The van der Waals surface area contributed by atoms with Crippen LogP contribution in [0.5, 0.6) is 0 Å². The minimum Gasteiger partial charge on any atom is -0.376 e. The van der Waals surface area contributed by atoms with Gasteiger partial charge in [-0.25, -0.2) is 0 Å². The van der Waals surface area contributed by atoms with Crippen molar-refractivity contribution in [3.63, 3.8) is 0 Å². The number of nitrogens with one attached hydrogen (secondary N) is 3. The van der Waals surface area contributed by atoms with Gasteiger partial charge in [0.05, 0.1) is 11.6 Å². The Labute approximate surface area is 208 Å². The van der Waals surface area contributed by atoms with E-state index in [1.165, 1.54) is 0 Å². The second kappa shape index (κ2) is 13.0. The maximum Gasteiger partial charge on any atom is 0.237 e. The number of hydrogen-bond acceptors (Lipinski definition) is 5. The van der Waals surface area contributed by atoms with Gasteiger partial charge in [0, 0.05) is 36.4 Å². The van der Waals surface area contributed by atoms with Crippen molar-refractivity contribution in [1.29, 1.82) is 0 Å². The van der Waals surface area contributed by atoms with E-state index in [1.807, 2.05) is 62.3 Å². The van der Waals surface area contributed by atoms with Gasteiger partial charge in [-0.1, -0.05) is 41.5 Å². The fourth-order valence-electron chi connectivity index (χ4n) is 4.10. The lowest BCUT2D eigenvalue weighted by atomic mass is 9.71. The fourth-order valence-corrected chi connectivity index (χ4v) is 4.10. The molecule has 0 aliphatic heterocycles. The molecule has 0 aliphatic rings. The lowest BCUT2D eigenvalue weighted by molar-refractivity contribution is -0.133. The lowest BCUT2D eigenvalue weighted by Crippen LogP contribution is -2.51. The van der Waals surface area contributed by atoms with Crippen LogP contribution in [0.1, 0.15) is 102 Å². The summed E-state index contributed by atoms with van der Waals surface area (Å²) in [4.78, 5) is 37.7. The van der Waals surface area contributed by atoms with Crippen molar-refractivity contribution >= 4 is 17.6 Å². The van der Waals surface area contributed by atoms with Crippen LogP contribution in [0.15, 0.2) is 0 Å². The highest BCUT2D eigenvalue weighted by Gasteiger charge is 2.38. The first kappa shape index (κ1) is 32.5. The first-order chi connectivity index (χ1) is 15.2. The Bertz CT molecular complexity index is 676. The van der Waals surface area contributed by atoms with Crippen molar-refractivity contribution in [2.45, 2.75) is 119 Å². The molecule has 200 valence electrons. The molecule has 0 aliphatic carbocycles.